The van der Waals surface area contributed by atoms with Gasteiger partial charge in [0.15, 0.2) is 5.82 Å². The molecule has 1 aliphatic heterocycles. The third kappa shape index (κ3) is 5.09. The molecule has 32 heavy (non-hydrogen) atoms. The molecule has 1 saturated heterocycles. The summed E-state index contributed by atoms with van der Waals surface area (Å²) in [6.07, 6.45) is 0.564. The van der Waals surface area contributed by atoms with Gasteiger partial charge in [0.2, 0.25) is 0 Å². The molecule has 3 heterocycles. The third-order valence-corrected chi connectivity index (χ3v) is 6.46. The van der Waals surface area contributed by atoms with Crippen molar-refractivity contribution < 1.29 is 30.8 Å². The first-order chi connectivity index (χ1) is 15.2. The Morgan fingerprint density at radius 2 is 1.78 bits per heavy atom. The fourth-order valence-electron chi connectivity index (χ4n) is 3.14. The quantitative estimate of drug-likeness (QED) is 0.549. The first-order valence-corrected chi connectivity index (χ1v) is 11.1. The third-order valence-electron chi connectivity index (χ3n) is 4.81. The van der Waals surface area contributed by atoms with E-state index in [1.807, 2.05) is 0 Å². The maximum Gasteiger partial charge on any atom is 0.471 e. The molecule has 0 atom stereocenters. The van der Waals surface area contributed by atoms with Crippen molar-refractivity contribution in [3.8, 4) is 0 Å². The number of nitrogens with zero attached hydrogens (tertiary/aromatic N) is 4. The van der Waals surface area contributed by atoms with Crippen LogP contribution in [-0.2, 0) is 27.5 Å². The molecule has 1 fully saturated rings. The highest BCUT2D eigenvalue weighted by Gasteiger charge is 2.38. The Labute approximate surface area is 182 Å². The van der Waals surface area contributed by atoms with Crippen LogP contribution in [0.1, 0.15) is 22.8 Å². The molecule has 0 spiro atoms. The van der Waals surface area contributed by atoms with Crippen LogP contribution in [0.3, 0.4) is 0 Å². The molecular formula is C20H19F3N4O4S. The number of hydrogen-bond acceptors (Lipinski definition) is 7. The van der Waals surface area contributed by atoms with Gasteiger partial charge in [0.25, 0.3) is 10.0 Å². The monoisotopic (exact) mass is 468 g/mol. The molecule has 0 amide bonds. The summed E-state index contributed by atoms with van der Waals surface area (Å²) in [7, 11) is -3.82. The van der Waals surface area contributed by atoms with Crippen molar-refractivity contribution in [1.82, 2.24) is 19.0 Å². The molecule has 0 N–H and O–H groups in total. The number of aromatic nitrogens is 3. The van der Waals surface area contributed by atoms with E-state index < -0.39 is 22.1 Å². The summed E-state index contributed by atoms with van der Waals surface area (Å²) in [6, 6.07) is 8.17. The van der Waals surface area contributed by atoms with E-state index in [9.17, 15) is 21.6 Å². The van der Waals surface area contributed by atoms with Gasteiger partial charge in [-0.1, -0.05) is 17.3 Å². The van der Waals surface area contributed by atoms with E-state index in [2.05, 4.69) is 19.6 Å². The van der Waals surface area contributed by atoms with E-state index >= 15 is 0 Å². The lowest BCUT2D eigenvalue weighted by Crippen LogP contribution is -2.35. The summed E-state index contributed by atoms with van der Waals surface area (Å²) in [4.78, 5) is 5.59. The summed E-state index contributed by atoms with van der Waals surface area (Å²) < 4.78 is 73.8. The Morgan fingerprint density at radius 3 is 2.44 bits per heavy atom. The second kappa shape index (κ2) is 8.88. The van der Waals surface area contributed by atoms with Gasteiger partial charge in [-0.2, -0.15) is 18.2 Å². The van der Waals surface area contributed by atoms with E-state index in [0.717, 1.165) is 22.6 Å². The normalized spacial score (nSPS) is 16.1. The Kier molecular flexibility index (Phi) is 6.17. The standard InChI is InChI=1S/C20H19F3N4O4S/c21-20(22,23)19-24-18(25-31-19)6-3-16-7-8-27(14-16)32(28,29)17-4-1-15(2-5-17)13-26-9-11-30-12-10-26/h1-8,14H,9-13H2. The van der Waals surface area contributed by atoms with Gasteiger partial charge in [0.1, 0.15) is 0 Å². The summed E-state index contributed by atoms with van der Waals surface area (Å²) in [5, 5.41) is 3.22. The zero-order valence-corrected chi connectivity index (χ0v) is 17.5. The minimum absolute atomic E-state index is 0.127. The van der Waals surface area contributed by atoms with E-state index in [1.54, 1.807) is 24.3 Å². The Morgan fingerprint density at radius 1 is 1.06 bits per heavy atom. The van der Waals surface area contributed by atoms with Crippen LogP contribution >= 0.6 is 0 Å². The summed E-state index contributed by atoms with van der Waals surface area (Å²) in [5.74, 6) is -1.72. The lowest BCUT2D eigenvalue weighted by atomic mass is 10.2. The predicted octanol–water partition coefficient (Wildman–Crippen LogP) is 3.13. The first-order valence-electron chi connectivity index (χ1n) is 9.63. The molecular weight excluding hydrogens is 449 g/mol. The number of alkyl halides is 3. The average molecular weight is 468 g/mol. The molecule has 8 nitrogen and oxygen atoms in total. The first kappa shape index (κ1) is 22.2. The minimum Gasteiger partial charge on any atom is -0.379 e. The van der Waals surface area contributed by atoms with E-state index in [0.29, 0.717) is 25.3 Å². The van der Waals surface area contributed by atoms with Crippen molar-refractivity contribution in [2.45, 2.75) is 17.6 Å². The largest absolute Gasteiger partial charge is 0.471 e. The number of hydrogen-bond donors (Lipinski definition) is 0. The predicted molar refractivity (Wildman–Crippen MR) is 108 cm³/mol. The van der Waals surface area contributed by atoms with Crippen LogP contribution in [-0.4, -0.2) is 53.7 Å². The molecule has 12 heteroatoms. The highest BCUT2D eigenvalue weighted by atomic mass is 32.2. The number of ether oxygens (including phenoxy) is 1. The van der Waals surface area contributed by atoms with Crippen LogP contribution in [0.4, 0.5) is 13.2 Å². The van der Waals surface area contributed by atoms with E-state index in [1.165, 1.54) is 30.6 Å². The topological polar surface area (TPSA) is 90.5 Å². The van der Waals surface area contributed by atoms with Crippen molar-refractivity contribution in [2.75, 3.05) is 26.3 Å². The van der Waals surface area contributed by atoms with Crippen LogP contribution in [0.15, 0.2) is 52.1 Å². The minimum atomic E-state index is -4.73. The van der Waals surface area contributed by atoms with E-state index in [-0.39, 0.29) is 10.7 Å². The van der Waals surface area contributed by atoms with Gasteiger partial charge in [-0.25, -0.2) is 12.4 Å². The molecule has 0 unspecified atom stereocenters. The fourth-order valence-corrected chi connectivity index (χ4v) is 4.34. The van der Waals surface area contributed by atoms with Gasteiger partial charge < -0.3 is 9.26 Å². The smallest absolute Gasteiger partial charge is 0.379 e. The zero-order chi connectivity index (χ0) is 22.8. The van der Waals surface area contributed by atoms with Crippen LogP contribution in [0, 0.1) is 0 Å². The molecule has 4 rings (SSSR count). The molecule has 2 aromatic heterocycles. The second-order valence-electron chi connectivity index (χ2n) is 7.10. The molecule has 1 aromatic carbocycles. The molecule has 0 saturated carbocycles. The molecule has 0 radical (unpaired) electrons. The number of rotatable bonds is 6. The second-order valence-corrected chi connectivity index (χ2v) is 8.94. The Hall–Kier alpha value is -2.96. The maximum atomic E-state index is 12.9. The Balaban J connectivity index is 1.45. The summed E-state index contributed by atoms with van der Waals surface area (Å²) >= 11 is 0. The van der Waals surface area contributed by atoms with Crippen molar-refractivity contribution in [3.63, 3.8) is 0 Å². The lowest BCUT2D eigenvalue weighted by Gasteiger charge is -2.26. The van der Waals surface area contributed by atoms with Gasteiger partial charge >= 0.3 is 12.1 Å². The van der Waals surface area contributed by atoms with Gasteiger partial charge in [-0.05, 0) is 41.5 Å². The molecule has 3 aromatic rings. The van der Waals surface area contributed by atoms with Crippen molar-refractivity contribution in [2.24, 2.45) is 0 Å². The van der Waals surface area contributed by atoms with Gasteiger partial charge in [-0.15, -0.1) is 0 Å². The number of benzene rings is 1. The Bertz CT molecular complexity index is 1190. The SMILES string of the molecule is O=S(=O)(c1ccc(CN2CCOCC2)cc1)n1ccc(C=Cc2noc(C(F)(F)F)n2)c1. The zero-order valence-electron chi connectivity index (χ0n) is 16.7. The lowest BCUT2D eigenvalue weighted by molar-refractivity contribution is -0.159. The van der Waals surface area contributed by atoms with Crippen LogP contribution in [0.25, 0.3) is 12.2 Å². The van der Waals surface area contributed by atoms with Crippen molar-refractivity contribution >= 4 is 22.2 Å². The van der Waals surface area contributed by atoms with Gasteiger partial charge in [0.05, 0.1) is 18.1 Å². The fraction of sp³-hybridized carbons (Fsp3) is 0.300. The maximum absolute atomic E-state index is 12.9. The molecule has 1 aliphatic rings. The van der Waals surface area contributed by atoms with Crippen LogP contribution in [0.2, 0.25) is 0 Å². The van der Waals surface area contributed by atoms with Crippen LogP contribution < -0.4 is 0 Å². The highest BCUT2D eigenvalue weighted by Crippen LogP contribution is 2.27. The highest BCUT2D eigenvalue weighted by molar-refractivity contribution is 7.90. The van der Waals surface area contributed by atoms with Crippen molar-refractivity contribution in [1.29, 1.82) is 0 Å². The van der Waals surface area contributed by atoms with E-state index in [4.69, 9.17) is 4.74 Å². The van der Waals surface area contributed by atoms with Crippen LogP contribution in [0.5, 0.6) is 0 Å². The average Bonchev–Trinajstić information content (AvgIpc) is 3.43. The molecule has 0 bridgehead atoms. The molecule has 0 aliphatic carbocycles. The van der Waals surface area contributed by atoms with Gasteiger partial charge in [0, 0.05) is 32.0 Å². The summed E-state index contributed by atoms with van der Waals surface area (Å²) in [6.45, 7) is 3.76. The molecule has 170 valence electrons. The summed E-state index contributed by atoms with van der Waals surface area (Å²) in [5.41, 5.74) is 1.44. The van der Waals surface area contributed by atoms with Crippen molar-refractivity contribution in [3.05, 3.63) is 65.6 Å². The number of morpholine rings is 1. The number of halogens is 3. The van der Waals surface area contributed by atoms with Gasteiger partial charge in [-0.3, -0.25) is 4.90 Å².